The summed E-state index contributed by atoms with van der Waals surface area (Å²) in [5, 5.41) is 14.3. The molecule has 4 rings (SSSR count). The molecule has 1 N–H and O–H groups in total. The normalized spacial score (nSPS) is 13.5. The third-order valence-corrected chi connectivity index (χ3v) is 7.69. The summed E-state index contributed by atoms with van der Waals surface area (Å²) in [5.74, 6) is -1.02. The second-order valence-electron chi connectivity index (χ2n) is 9.79. The lowest BCUT2D eigenvalue weighted by atomic mass is 9.71. The number of thioether (sulfide) groups is 1. The fourth-order valence-corrected chi connectivity index (χ4v) is 5.41. The third kappa shape index (κ3) is 6.07. The molecule has 0 saturated heterocycles. The van der Waals surface area contributed by atoms with Gasteiger partial charge in [-0.2, -0.15) is 0 Å². The molecule has 2 atom stereocenters. The number of hydrogen-bond donors (Lipinski definition) is 1. The fraction of sp³-hybridized carbons (Fsp3) is 0.323. The highest BCUT2D eigenvalue weighted by Gasteiger charge is 2.44. The van der Waals surface area contributed by atoms with E-state index in [1.165, 1.54) is 39.2 Å². The zero-order valence-corrected chi connectivity index (χ0v) is 24.8. The maximum atomic E-state index is 16.2. The lowest BCUT2D eigenvalue weighted by Gasteiger charge is -2.39. The molecule has 0 aliphatic carbocycles. The van der Waals surface area contributed by atoms with E-state index >= 15 is 4.39 Å². The molecule has 0 radical (unpaired) electrons. The average molecular weight is 577 g/mol. The largest absolute Gasteiger partial charge is 0.494 e. The summed E-state index contributed by atoms with van der Waals surface area (Å²) in [7, 11) is 8.22. The Hall–Kier alpha value is -3.91. The van der Waals surface area contributed by atoms with Crippen molar-refractivity contribution >= 4 is 28.4 Å². The summed E-state index contributed by atoms with van der Waals surface area (Å²) in [6, 6.07) is 15.3. The third-order valence-electron chi connectivity index (χ3n) is 7.06. The number of aliphatic hydroxyl groups is 1. The van der Waals surface area contributed by atoms with Crippen LogP contribution in [0.25, 0.3) is 15.7 Å². The van der Waals surface area contributed by atoms with Crippen LogP contribution in [-0.4, -0.2) is 68.2 Å². The Bertz CT molecular complexity index is 1570. The van der Waals surface area contributed by atoms with Crippen molar-refractivity contribution in [2.45, 2.75) is 23.0 Å². The van der Waals surface area contributed by atoms with Crippen LogP contribution in [0.5, 0.6) is 17.5 Å². The number of rotatable bonds is 11. The molecule has 0 spiro atoms. The van der Waals surface area contributed by atoms with E-state index in [-0.39, 0.29) is 23.6 Å². The number of benzene rings is 2. The van der Waals surface area contributed by atoms with Crippen LogP contribution >= 0.6 is 11.8 Å². The SMILES string of the molecule is [C-]#[N+]c1ccc2nc(OC)c(C(c3cccc(OC)c3F)C(O)(CCN(C)C)c3cc(OC)nc(SC)c3)cc2c1. The zero-order valence-electron chi connectivity index (χ0n) is 23.9. The van der Waals surface area contributed by atoms with Crippen LogP contribution in [0.15, 0.2) is 59.6 Å². The van der Waals surface area contributed by atoms with E-state index in [4.69, 9.17) is 25.8 Å². The minimum atomic E-state index is -1.70. The molecule has 0 bridgehead atoms. The van der Waals surface area contributed by atoms with Crippen LogP contribution < -0.4 is 14.2 Å². The molecular weight excluding hydrogens is 543 g/mol. The van der Waals surface area contributed by atoms with Crippen molar-refractivity contribution in [1.29, 1.82) is 0 Å². The number of fused-ring (bicyclic) bond motifs is 1. The molecule has 0 amide bonds. The highest BCUT2D eigenvalue weighted by molar-refractivity contribution is 7.98. The number of aromatic nitrogens is 2. The van der Waals surface area contributed by atoms with E-state index in [1.807, 2.05) is 31.3 Å². The lowest BCUT2D eigenvalue weighted by Crippen LogP contribution is -2.38. The highest BCUT2D eigenvalue weighted by atomic mass is 32.2. The number of pyridine rings is 2. The molecule has 0 fully saturated rings. The van der Waals surface area contributed by atoms with Gasteiger partial charge in [0.15, 0.2) is 17.3 Å². The number of methoxy groups -OCH3 is 3. The van der Waals surface area contributed by atoms with Gasteiger partial charge in [-0.15, -0.1) is 11.8 Å². The number of hydrogen-bond acceptors (Lipinski definition) is 8. The van der Waals surface area contributed by atoms with Gasteiger partial charge in [0.25, 0.3) is 0 Å². The van der Waals surface area contributed by atoms with E-state index in [0.29, 0.717) is 45.2 Å². The summed E-state index contributed by atoms with van der Waals surface area (Å²) in [4.78, 5) is 14.7. The molecule has 41 heavy (non-hydrogen) atoms. The lowest BCUT2D eigenvalue weighted by molar-refractivity contribution is 0.00230. The van der Waals surface area contributed by atoms with Gasteiger partial charge in [-0.1, -0.05) is 18.2 Å². The van der Waals surface area contributed by atoms with Crippen LogP contribution in [0, 0.1) is 12.4 Å². The Morgan fingerprint density at radius 1 is 1.02 bits per heavy atom. The fourth-order valence-electron chi connectivity index (χ4n) is 4.98. The predicted octanol–water partition coefficient (Wildman–Crippen LogP) is 6.04. The number of halogens is 1. The van der Waals surface area contributed by atoms with Gasteiger partial charge in [-0.3, -0.25) is 0 Å². The molecule has 2 aromatic carbocycles. The van der Waals surface area contributed by atoms with Crippen LogP contribution in [0.1, 0.15) is 29.0 Å². The standard InChI is InChI=1S/C31H33FN4O4S/c1-33-21-11-12-24-19(15-21)16-23(30(34-24)40-6)28(22-9-8-10-25(38-4)29(22)32)31(37,13-14-36(2)3)20-17-26(39-5)35-27(18-20)41-7/h8-12,15-18,28,37H,13-14H2,2-7H3. The van der Waals surface area contributed by atoms with Crippen molar-refractivity contribution in [3.63, 3.8) is 0 Å². The molecule has 2 unspecified atom stereocenters. The quantitative estimate of drug-likeness (QED) is 0.171. The molecule has 10 heteroatoms. The Labute approximate surface area is 243 Å². The molecule has 0 saturated carbocycles. The molecule has 0 aliphatic heterocycles. The number of nitrogens with zero attached hydrogens (tertiary/aromatic N) is 4. The second-order valence-corrected chi connectivity index (χ2v) is 10.6. The molecule has 214 valence electrons. The zero-order chi connectivity index (χ0) is 29.7. The molecule has 0 aliphatic rings. The van der Waals surface area contributed by atoms with Gasteiger partial charge in [0, 0.05) is 23.7 Å². The Kier molecular flexibility index (Phi) is 9.33. The second kappa shape index (κ2) is 12.7. The molecular formula is C31H33FN4O4S. The summed E-state index contributed by atoms with van der Waals surface area (Å²) >= 11 is 1.41. The average Bonchev–Trinajstić information content (AvgIpc) is 2.99. The van der Waals surface area contributed by atoms with E-state index < -0.39 is 17.3 Å². The van der Waals surface area contributed by atoms with Crippen molar-refractivity contribution in [2.24, 2.45) is 0 Å². The van der Waals surface area contributed by atoms with Crippen LogP contribution in [-0.2, 0) is 5.60 Å². The first-order valence-electron chi connectivity index (χ1n) is 12.8. The maximum Gasteiger partial charge on any atom is 0.217 e. The van der Waals surface area contributed by atoms with Crippen molar-refractivity contribution in [1.82, 2.24) is 14.9 Å². The first-order chi connectivity index (χ1) is 19.7. The van der Waals surface area contributed by atoms with Gasteiger partial charge >= 0.3 is 0 Å². The first-order valence-corrected chi connectivity index (χ1v) is 14.1. The minimum absolute atomic E-state index is 0.0441. The van der Waals surface area contributed by atoms with Crippen LogP contribution in [0.4, 0.5) is 10.1 Å². The smallest absolute Gasteiger partial charge is 0.217 e. The number of ether oxygens (including phenoxy) is 3. The van der Waals surface area contributed by atoms with Gasteiger partial charge in [-0.05, 0) is 68.1 Å². The van der Waals surface area contributed by atoms with Gasteiger partial charge < -0.3 is 24.2 Å². The van der Waals surface area contributed by atoms with E-state index in [9.17, 15) is 5.11 Å². The summed E-state index contributed by atoms with van der Waals surface area (Å²) in [5.41, 5.74) is 0.503. The molecule has 8 nitrogen and oxygen atoms in total. The van der Waals surface area contributed by atoms with E-state index in [1.54, 1.807) is 42.5 Å². The van der Waals surface area contributed by atoms with Crippen molar-refractivity contribution in [3.8, 4) is 17.5 Å². The van der Waals surface area contributed by atoms with Crippen molar-refractivity contribution in [2.75, 3.05) is 48.2 Å². The minimum Gasteiger partial charge on any atom is -0.494 e. The van der Waals surface area contributed by atoms with Crippen LogP contribution in [0.3, 0.4) is 0 Å². The first kappa shape index (κ1) is 30.1. The predicted molar refractivity (Wildman–Crippen MR) is 159 cm³/mol. The van der Waals surface area contributed by atoms with Gasteiger partial charge in [0.05, 0.1) is 39.3 Å². The van der Waals surface area contributed by atoms with Crippen LogP contribution in [0.2, 0.25) is 0 Å². The monoisotopic (exact) mass is 576 g/mol. The molecule has 2 aromatic heterocycles. The Morgan fingerprint density at radius 3 is 2.44 bits per heavy atom. The van der Waals surface area contributed by atoms with Gasteiger partial charge in [-0.25, -0.2) is 19.2 Å². The Balaban J connectivity index is 2.13. The van der Waals surface area contributed by atoms with E-state index in [0.717, 1.165) is 0 Å². The van der Waals surface area contributed by atoms with E-state index in [2.05, 4.69) is 9.83 Å². The maximum absolute atomic E-state index is 16.2. The molecule has 2 heterocycles. The van der Waals surface area contributed by atoms with Gasteiger partial charge in [0.1, 0.15) is 10.6 Å². The topological polar surface area (TPSA) is 81.3 Å². The van der Waals surface area contributed by atoms with Gasteiger partial charge in [0.2, 0.25) is 11.8 Å². The highest BCUT2D eigenvalue weighted by Crippen LogP contribution is 2.49. The summed E-state index contributed by atoms with van der Waals surface area (Å²) < 4.78 is 32.8. The Morgan fingerprint density at radius 2 is 1.80 bits per heavy atom. The molecule has 4 aromatic rings. The summed E-state index contributed by atoms with van der Waals surface area (Å²) in [6.07, 6.45) is 2.10. The van der Waals surface area contributed by atoms with Crippen molar-refractivity contribution < 1.29 is 23.7 Å². The summed E-state index contributed by atoms with van der Waals surface area (Å²) in [6.45, 7) is 7.95. The van der Waals surface area contributed by atoms with Crippen molar-refractivity contribution in [3.05, 3.63) is 88.5 Å².